The third kappa shape index (κ3) is 5.98. The number of unbranched alkanes of at least 4 members (excludes halogenated alkanes) is 1. The minimum absolute atomic E-state index is 0.146. The molecule has 0 aliphatic rings. The van der Waals surface area contributed by atoms with Crippen molar-refractivity contribution in [2.75, 3.05) is 5.32 Å². The number of hydrogen-bond donors (Lipinski definition) is 1. The summed E-state index contributed by atoms with van der Waals surface area (Å²) in [6, 6.07) is 13.2. The number of hydrogen-bond acceptors (Lipinski definition) is 5. The van der Waals surface area contributed by atoms with Crippen LogP contribution in [0.25, 0.3) is 11.4 Å². The molecule has 8 nitrogen and oxygen atoms in total. The largest absolute Gasteiger partial charge is 0.309 e. The quantitative estimate of drug-likeness (QED) is 0.306. The van der Waals surface area contributed by atoms with Gasteiger partial charge < -0.3 is 5.32 Å². The summed E-state index contributed by atoms with van der Waals surface area (Å²) in [5.74, 6) is 1.15. The lowest BCUT2D eigenvalue weighted by Gasteiger charge is -2.05. The van der Waals surface area contributed by atoms with E-state index in [2.05, 4.69) is 22.3 Å². The Bertz CT molecular complexity index is 1300. The van der Waals surface area contributed by atoms with Gasteiger partial charge in [-0.05, 0) is 60.6 Å². The molecular weight excluding hydrogens is 470 g/mol. The Morgan fingerprint density at radius 3 is 2.56 bits per heavy atom. The zero-order chi connectivity index (χ0) is 23.9. The van der Waals surface area contributed by atoms with Crippen molar-refractivity contribution in [2.24, 2.45) is 0 Å². The molecule has 1 amide bonds. The number of nitrogens with one attached hydrogen (secondary N) is 1. The van der Waals surface area contributed by atoms with Gasteiger partial charge in [-0.2, -0.15) is 10.2 Å². The first kappa shape index (κ1) is 23.8. The molecule has 0 radical (unpaired) electrons. The highest BCUT2D eigenvalue weighted by Crippen LogP contribution is 2.21. The topological polar surface area (TPSA) is 82.6 Å². The summed E-state index contributed by atoms with van der Waals surface area (Å²) in [5, 5.41) is 12.7. The molecule has 1 aromatic carbocycles. The standard InChI is InChI=1S/C24H26ClN7OS/c1-2-3-14-31-23(19-4-6-20(25)7-5-19)29-32(24(31)34)16-11-22(33)27-21-10-15-30(28-21)17-18-8-12-26-13-9-18/h4-10,12-13,15H,2-3,11,14,16-17H2,1H3,(H,27,28,33). The molecule has 176 valence electrons. The predicted octanol–water partition coefficient (Wildman–Crippen LogP) is 5.20. The van der Waals surface area contributed by atoms with Crippen LogP contribution in [0, 0.1) is 4.77 Å². The maximum Gasteiger partial charge on any atom is 0.227 e. The number of aromatic nitrogens is 6. The Kier molecular flexibility index (Phi) is 7.87. The fraction of sp³-hybridized carbons (Fsp3) is 0.292. The highest BCUT2D eigenvalue weighted by atomic mass is 35.5. The summed E-state index contributed by atoms with van der Waals surface area (Å²) in [4.78, 5) is 16.6. The summed E-state index contributed by atoms with van der Waals surface area (Å²) in [5.41, 5.74) is 2.02. The van der Waals surface area contributed by atoms with E-state index in [9.17, 15) is 4.79 Å². The molecule has 10 heteroatoms. The van der Waals surface area contributed by atoms with Crippen molar-refractivity contribution in [3.63, 3.8) is 0 Å². The van der Waals surface area contributed by atoms with Gasteiger partial charge in [-0.25, -0.2) is 4.68 Å². The molecule has 34 heavy (non-hydrogen) atoms. The predicted molar refractivity (Wildman–Crippen MR) is 135 cm³/mol. The molecule has 4 rings (SSSR count). The van der Waals surface area contributed by atoms with E-state index in [0.29, 0.717) is 28.7 Å². The fourth-order valence-corrected chi connectivity index (χ4v) is 3.96. The van der Waals surface area contributed by atoms with Crippen LogP contribution < -0.4 is 5.32 Å². The number of halogens is 1. The van der Waals surface area contributed by atoms with Gasteiger partial charge in [0.25, 0.3) is 0 Å². The Labute approximate surface area is 208 Å². The molecule has 0 bridgehead atoms. The second-order valence-electron chi connectivity index (χ2n) is 7.89. The molecular formula is C24H26ClN7OS. The Morgan fingerprint density at radius 1 is 1.06 bits per heavy atom. The SMILES string of the molecule is CCCCn1c(-c2ccc(Cl)cc2)nn(CCC(=O)Nc2ccn(Cc3ccncc3)n2)c1=S. The van der Waals surface area contributed by atoms with Gasteiger partial charge in [0.15, 0.2) is 16.4 Å². The van der Waals surface area contributed by atoms with Gasteiger partial charge in [0.1, 0.15) is 0 Å². The van der Waals surface area contributed by atoms with Crippen LogP contribution >= 0.6 is 23.8 Å². The number of amides is 1. The number of benzene rings is 1. The van der Waals surface area contributed by atoms with Crippen LogP contribution in [0.5, 0.6) is 0 Å². The van der Waals surface area contributed by atoms with Crippen LogP contribution in [0.4, 0.5) is 5.82 Å². The molecule has 3 heterocycles. The smallest absolute Gasteiger partial charge is 0.227 e. The Morgan fingerprint density at radius 2 is 1.82 bits per heavy atom. The van der Waals surface area contributed by atoms with E-state index >= 15 is 0 Å². The Balaban J connectivity index is 1.41. The van der Waals surface area contributed by atoms with Crippen LogP contribution in [0.15, 0.2) is 61.1 Å². The van der Waals surface area contributed by atoms with Crippen molar-refractivity contribution in [3.05, 3.63) is 76.4 Å². The molecule has 0 aliphatic heterocycles. The number of pyridine rings is 1. The van der Waals surface area contributed by atoms with Crippen LogP contribution in [0.3, 0.4) is 0 Å². The normalized spacial score (nSPS) is 11.0. The third-order valence-electron chi connectivity index (χ3n) is 5.31. The lowest BCUT2D eigenvalue weighted by Crippen LogP contribution is -2.16. The van der Waals surface area contributed by atoms with Crippen LogP contribution in [0.2, 0.25) is 5.02 Å². The van der Waals surface area contributed by atoms with E-state index in [1.54, 1.807) is 27.8 Å². The summed E-state index contributed by atoms with van der Waals surface area (Å²) in [6.45, 7) is 3.89. The highest BCUT2D eigenvalue weighted by molar-refractivity contribution is 7.71. The maximum absolute atomic E-state index is 12.6. The zero-order valence-corrected chi connectivity index (χ0v) is 20.5. The number of nitrogens with zero attached hydrogens (tertiary/aromatic N) is 6. The summed E-state index contributed by atoms with van der Waals surface area (Å²) >= 11 is 11.7. The lowest BCUT2D eigenvalue weighted by molar-refractivity contribution is -0.116. The third-order valence-corrected chi connectivity index (χ3v) is 6.00. The average Bonchev–Trinajstić information content (AvgIpc) is 3.41. The molecule has 0 saturated heterocycles. The number of rotatable bonds is 10. The molecule has 0 aliphatic carbocycles. The molecule has 0 spiro atoms. The molecule has 1 N–H and O–H groups in total. The summed E-state index contributed by atoms with van der Waals surface area (Å²) < 4.78 is 6.12. The first-order chi connectivity index (χ1) is 16.5. The molecule has 0 atom stereocenters. The Hall–Kier alpha value is -3.30. The zero-order valence-electron chi connectivity index (χ0n) is 18.9. The fourth-order valence-electron chi connectivity index (χ4n) is 3.52. The van der Waals surface area contributed by atoms with E-state index in [-0.39, 0.29) is 12.3 Å². The van der Waals surface area contributed by atoms with Crippen molar-refractivity contribution in [1.82, 2.24) is 29.1 Å². The van der Waals surface area contributed by atoms with Crippen LogP contribution in [-0.2, 0) is 24.4 Å². The average molecular weight is 496 g/mol. The van der Waals surface area contributed by atoms with Gasteiger partial charge in [0.05, 0.1) is 13.1 Å². The molecule has 0 fully saturated rings. The second kappa shape index (κ2) is 11.2. The van der Waals surface area contributed by atoms with Crippen molar-refractivity contribution >= 4 is 35.5 Å². The van der Waals surface area contributed by atoms with Gasteiger partial charge in [0.2, 0.25) is 5.91 Å². The molecule has 3 aromatic heterocycles. The number of aryl methyl sites for hydroxylation is 1. The van der Waals surface area contributed by atoms with E-state index < -0.39 is 0 Å². The first-order valence-corrected chi connectivity index (χ1v) is 12.0. The summed E-state index contributed by atoms with van der Waals surface area (Å²) in [7, 11) is 0. The van der Waals surface area contributed by atoms with E-state index in [1.165, 1.54) is 0 Å². The van der Waals surface area contributed by atoms with Crippen molar-refractivity contribution in [2.45, 2.75) is 45.8 Å². The lowest BCUT2D eigenvalue weighted by atomic mass is 10.2. The minimum Gasteiger partial charge on any atom is -0.309 e. The summed E-state index contributed by atoms with van der Waals surface area (Å²) in [6.07, 6.45) is 7.59. The molecule has 0 saturated carbocycles. The maximum atomic E-state index is 12.6. The van der Waals surface area contributed by atoms with Gasteiger partial charge in [-0.1, -0.05) is 24.9 Å². The number of carbonyl (C=O) groups is 1. The van der Waals surface area contributed by atoms with Crippen molar-refractivity contribution < 1.29 is 4.79 Å². The van der Waals surface area contributed by atoms with Gasteiger partial charge in [0, 0.05) is 48.2 Å². The van der Waals surface area contributed by atoms with E-state index in [0.717, 1.165) is 36.3 Å². The van der Waals surface area contributed by atoms with E-state index in [1.807, 2.05) is 47.2 Å². The van der Waals surface area contributed by atoms with Crippen molar-refractivity contribution in [3.8, 4) is 11.4 Å². The van der Waals surface area contributed by atoms with Gasteiger partial charge in [-0.15, -0.1) is 0 Å². The minimum atomic E-state index is -0.146. The first-order valence-electron chi connectivity index (χ1n) is 11.2. The van der Waals surface area contributed by atoms with Crippen LogP contribution in [0.1, 0.15) is 31.7 Å². The van der Waals surface area contributed by atoms with Crippen molar-refractivity contribution in [1.29, 1.82) is 0 Å². The molecule has 4 aromatic rings. The molecule has 0 unspecified atom stereocenters. The highest BCUT2D eigenvalue weighted by Gasteiger charge is 2.14. The number of anilines is 1. The van der Waals surface area contributed by atoms with E-state index in [4.69, 9.17) is 28.9 Å². The second-order valence-corrected chi connectivity index (χ2v) is 8.70. The number of carbonyl (C=O) groups excluding carboxylic acids is 1. The monoisotopic (exact) mass is 495 g/mol. The van der Waals surface area contributed by atoms with Gasteiger partial charge >= 0.3 is 0 Å². The van der Waals surface area contributed by atoms with Gasteiger partial charge in [-0.3, -0.25) is 19.0 Å². The van der Waals surface area contributed by atoms with Crippen LogP contribution in [-0.4, -0.2) is 35.0 Å².